The molecule has 1 aromatic heterocycles. The molecule has 0 saturated carbocycles. The third kappa shape index (κ3) is 2.46. The van der Waals surface area contributed by atoms with Gasteiger partial charge in [-0.3, -0.25) is 4.79 Å². The van der Waals surface area contributed by atoms with Crippen molar-refractivity contribution < 1.29 is 9.53 Å². The molecular weight excluding hydrogens is 228 g/mol. The Labute approximate surface area is 97.4 Å². The lowest BCUT2D eigenvalue weighted by Crippen LogP contribution is -2.16. The number of hydrogen-bond acceptors (Lipinski definition) is 6. The summed E-state index contributed by atoms with van der Waals surface area (Å²) in [7, 11) is 0. The average molecular weight is 240 g/mol. The number of rotatable bonds is 4. The lowest BCUT2D eigenvalue weighted by molar-refractivity contribution is -0.144. The number of ether oxygens (including phenoxy) is 1. The second-order valence-electron chi connectivity index (χ2n) is 2.84. The predicted octanol–water partition coefficient (Wildman–Crippen LogP) is 0.622. The maximum absolute atomic E-state index is 11.2. The first-order chi connectivity index (χ1) is 7.63. The van der Waals surface area contributed by atoms with Crippen LogP contribution in [-0.2, 0) is 16.1 Å². The molecule has 0 aliphatic heterocycles. The van der Waals surface area contributed by atoms with Crippen LogP contribution in [0.15, 0.2) is 5.03 Å². The van der Waals surface area contributed by atoms with Crippen LogP contribution in [0.3, 0.4) is 0 Å². The van der Waals surface area contributed by atoms with Crippen molar-refractivity contribution in [3.63, 3.8) is 0 Å². The van der Waals surface area contributed by atoms with Gasteiger partial charge >= 0.3 is 5.97 Å². The van der Waals surface area contributed by atoms with Gasteiger partial charge < -0.3 is 10.5 Å². The number of nitriles is 1. The molecule has 6 nitrogen and oxygen atoms in total. The van der Waals surface area contributed by atoms with Crippen LogP contribution < -0.4 is 5.73 Å². The van der Waals surface area contributed by atoms with Gasteiger partial charge in [0.1, 0.15) is 29.0 Å². The minimum Gasteiger partial charge on any atom is -0.465 e. The number of hydrogen-bond donors (Lipinski definition) is 1. The monoisotopic (exact) mass is 240 g/mol. The second-order valence-corrected chi connectivity index (χ2v) is 3.64. The number of carbonyl (C=O) groups excluding carboxylic acids is 1. The first-order valence-corrected chi connectivity index (χ1v) is 5.82. The summed E-state index contributed by atoms with van der Waals surface area (Å²) in [6.45, 7) is 1.95. The number of carbonyl (C=O) groups is 1. The molecule has 0 atom stereocenters. The summed E-state index contributed by atoms with van der Waals surface area (Å²) in [6, 6.07) is 1.96. The Morgan fingerprint density at radius 3 is 2.88 bits per heavy atom. The number of thioether (sulfide) groups is 1. The van der Waals surface area contributed by atoms with Crippen LogP contribution >= 0.6 is 11.8 Å². The van der Waals surface area contributed by atoms with Crippen molar-refractivity contribution in [2.45, 2.75) is 18.5 Å². The van der Waals surface area contributed by atoms with E-state index in [0.717, 1.165) is 0 Å². The predicted molar refractivity (Wildman–Crippen MR) is 59.8 cm³/mol. The molecule has 0 unspecified atom stereocenters. The Hall–Kier alpha value is -1.68. The highest BCUT2D eigenvalue weighted by atomic mass is 32.2. The molecule has 0 radical (unpaired) electrons. The first kappa shape index (κ1) is 12.4. The zero-order valence-corrected chi connectivity index (χ0v) is 9.87. The number of anilines is 1. The Kier molecular flexibility index (Phi) is 4.19. The molecule has 0 saturated heterocycles. The zero-order valence-electron chi connectivity index (χ0n) is 9.06. The van der Waals surface area contributed by atoms with Gasteiger partial charge in [0.05, 0.1) is 6.61 Å². The van der Waals surface area contributed by atoms with Crippen molar-refractivity contribution in [3.05, 3.63) is 5.56 Å². The lowest BCUT2D eigenvalue weighted by Gasteiger charge is -2.03. The van der Waals surface area contributed by atoms with E-state index in [1.807, 2.05) is 6.07 Å². The van der Waals surface area contributed by atoms with Crippen LogP contribution in [0.25, 0.3) is 0 Å². The molecule has 0 bridgehead atoms. The number of nitrogen functional groups attached to an aromatic ring is 1. The van der Waals surface area contributed by atoms with Gasteiger partial charge in [0, 0.05) is 0 Å². The fourth-order valence-electron chi connectivity index (χ4n) is 1.15. The summed E-state index contributed by atoms with van der Waals surface area (Å²) in [5.74, 6) is -0.228. The van der Waals surface area contributed by atoms with E-state index in [4.69, 9.17) is 15.7 Å². The van der Waals surface area contributed by atoms with E-state index in [1.165, 1.54) is 16.4 Å². The minimum atomic E-state index is -0.422. The zero-order chi connectivity index (χ0) is 12.1. The molecule has 1 rings (SSSR count). The highest BCUT2D eigenvalue weighted by Crippen LogP contribution is 2.23. The molecule has 0 spiro atoms. The van der Waals surface area contributed by atoms with Crippen LogP contribution in [0.5, 0.6) is 0 Å². The largest absolute Gasteiger partial charge is 0.465 e. The molecule has 0 aliphatic rings. The number of aromatic nitrogens is 2. The van der Waals surface area contributed by atoms with Gasteiger partial charge in [-0.25, -0.2) is 4.68 Å². The smallest absolute Gasteiger partial charge is 0.327 e. The summed E-state index contributed by atoms with van der Waals surface area (Å²) >= 11 is 1.31. The maximum Gasteiger partial charge on any atom is 0.327 e. The summed E-state index contributed by atoms with van der Waals surface area (Å²) in [5.41, 5.74) is 5.99. The quantitative estimate of drug-likeness (QED) is 0.612. The van der Waals surface area contributed by atoms with Gasteiger partial charge in [-0.2, -0.15) is 10.4 Å². The SMILES string of the molecule is CCOC(=O)Cn1nc(SC)c(C#N)c1N. The van der Waals surface area contributed by atoms with Gasteiger partial charge in [0.15, 0.2) is 0 Å². The minimum absolute atomic E-state index is 0.0745. The summed E-state index contributed by atoms with van der Waals surface area (Å²) in [4.78, 5) is 11.2. The third-order valence-electron chi connectivity index (χ3n) is 1.85. The average Bonchev–Trinajstić information content (AvgIpc) is 2.55. The molecule has 16 heavy (non-hydrogen) atoms. The molecule has 0 fully saturated rings. The molecule has 1 heterocycles. The van der Waals surface area contributed by atoms with E-state index in [-0.39, 0.29) is 12.4 Å². The van der Waals surface area contributed by atoms with Crippen LogP contribution in [0.2, 0.25) is 0 Å². The molecule has 7 heteroatoms. The van der Waals surface area contributed by atoms with E-state index in [0.29, 0.717) is 17.2 Å². The van der Waals surface area contributed by atoms with Crippen molar-refractivity contribution in [3.8, 4) is 6.07 Å². The summed E-state index contributed by atoms with van der Waals surface area (Å²) < 4.78 is 6.05. The highest BCUT2D eigenvalue weighted by molar-refractivity contribution is 7.98. The van der Waals surface area contributed by atoms with Crippen molar-refractivity contribution in [2.24, 2.45) is 0 Å². The molecule has 0 aromatic carbocycles. The van der Waals surface area contributed by atoms with Crippen LogP contribution in [-0.4, -0.2) is 28.6 Å². The Bertz CT molecular complexity index is 435. The van der Waals surface area contributed by atoms with E-state index in [9.17, 15) is 4.79 Å². The van der Waals surface area contributed by atoms with Crippen LogP contribution in [0.1, 0.15) is 12.5 Å². The number of nitrogens with two attached hydrogens (primary N) is 1. The Balaban J connectivity index is 2.94. The van der Waals surface area contributed by atoms with E-state index < -0.39 is 5.97 Å². The van der Waals surface area contributed by atoms with Gasteiger partial charge in [-0.15, -0.1) is 11.8 Å². The van der Waals surface area contributed by atoms with Crippen molar-refractivity contribution in [1.29, 1.82) is 5.26 Å². The summed E-state index contributed by atoms with van der Waals surface area (Å²) in [5, 5.41) is 13.4. The standard InChI is InChI=1S/C9H12N4O2S/c1-3-15-7(14)5-13-8(11)6(4-10)9(12-13)16-2/h3,5,11H2,1-2H3. The first-order valence-electron chi connectivity index (χ1n) is 4.60. The summed E-state index contributed by atoms with van der Waals surface area (Å²) in [6.07, 6.45) is 1.79. The fraction of sp³-hybridized carbons (Fsp3) is 0.444. The van der Waals surface area contributed by atoms with Crippen LogP contribution in [0, 0.1) is 11.3 Å². The molecule has 1 aromatic rings. The number of esters is 1. The Morgan fingerprint density at radius 2 is 2.44 bits per heavy atom. The fourth-order valence-corrected chi connectivity index (χ4v) is 1.68. The van der Waals surface area contributed by atoms with E-state index in [1.54, 1.807) is 13.2 Å². The van der Waals surface area contributed by atoms with Crippen molar-refractivity contribution in [2.75, 3.05) is 18.6 Å². The molecule has 86 valence electrons. The highest BCUT2D eigenvalue weighted by Gasteiger charge is 2.16. The molecule has 0 aliphatic carbocycles. The van der Waals surface area contributed by atoms with Gasteiger partial charge in [0.25, 0.3) is 0 Å². The van der Waals surface area contributed by atoms with Crippen molar-refractivity contribution in [1.82, 2.24) is 9.78 Å². The van der Waals surface area contributed by atoms with E-state index in [2.05, 4.69) is 5.10 Å². The van der Waals surface area contributed by atoms with Crippen LogP contribution in [0.4, 0.5) is 5.82 Å². The van der Waals surface area contributed by atoms with Gasteiger partial charge in [0.2, 0.25) is 0 Å². The van der Waals surface area contributed by atoms with E-state index >= 15 is 0 Å². The lowest BCUT2D eigenvalue weighted by atomic mass is 10.4. The molecular formula is C9H12N4O2S. The van der Waals surface area contributed by atoms with Crippen molar-refractivity contribution >= 4 is 23.5 Å². The van der Waals surface area contributed by atoms with Gasteiger partial charge in [-0.05, 0) is 13.2 Å². The Morgan fingerprint density at radius 1 is 1.75 bits per heavy atom. The number of nitrogens with zero attached hydrogens (tertiary/aromatic N) is 3. The third-order valence-corrected chi connectivity index (χ3v) is 2.52. The normalized spacial score (nSPS) is 9.81. The topological polar surface area (TPSA) is 93.9 Å². The second kappa shape index (κ2) is 5.42. The maximum atomic E-state index is 11.2. The molecule has 0 amide bonds. The molecule has 2 N–H and O–H groups in total. The van der Waals surface area contributed by atoms with Gasteiger partial charge in [-0.1, -0.05) is 0 Å².